The van der Waals surface area contributed by atoms with Gasteiger partial charge in [0.15, 0.2) is 0 Å². The summed E-state index contributed by atoms with van der Waals surface area (Å²) in [5.74, 6) is -0.204. The Balaban J connectivity index is 1.76. The first-order chi connectivity index (χ1) is 11.5. The maximum atomic E-state index is 12.3. The average molecular weight is 402 g/mol. The second-order valence-corrected chi connectivity index (χ2v) is 7.93. The van der Waals surface area contributed by atoms with Gasteiger partial charge < -0.3 is 0 Å². The fourth-order valence-electron chi connectivity index (χ4n) is 2.66. The van der Waals surface area contributed by atoms with E-state index in [0.29, 0.717) is 26.2 Å². The zero-order valence-electron chi connectivity index (χ0n) is 13.0. The molecule has 0 unspecified atom stereocenters. The van der Waals surface area contributed by atoms with Crippen LogP contribution in [0.1, 0.15) is 45.4 Å². The lowest BCUT2D eigenvalue weighted by molar-refractivity contribution is 0.0959. The molecule has 24 heavy (non-hydrogen) atoms. The fourth-order valence-corrected chi connectivity index (χ4v) is 4.47. The Morgan fingerprint density at radius 1 is 1.17 bits per heavy atom. The first-order valence-electron chi connectivity index (χ1n) is 7.57. The third kappa shape index (κ3) is 3.62. The predicted molar refractivity (Wildman–Crippen MR) is 102 cm³/mol. The maximum absolute atomic E-state index is 12.3. The molecule has 1 aliphatic rings. The predicted octanol–water partition coefficient (Wildman–Crippen LogP) is 5.74. The number of hydrogen-bond donors (Lipinski definition) is 1. The maximum Gasteiger partial charge on any atom is 0.281 e. The van der Waals surface area contributed by atoms with Gasteiger partial charge in [0.05, 0.1) is 25.7 Å². The van der Waals surface area contributed by atoms with E-state index < -0.39 is 0 Å². The smallest absolute Gasteiger partial charge is 0.266 e. The van der Waals surface area contributed by atoms with E-state index in [4.69, 9.17) is 34.8 Å². The molecule has 0 spiro atoms. The summed E-state index contributed by atoms with van der Waals surface area (Å²) >= 11 is 19.7. The van der Waals surface area contributed by atoms with Gasteiger partial charge in [-0.25, -0.2) is 5.43 Å². The number of amides is 1. The highest BCUT2D eigenvalue weighted by atomic mass is 35.5. The van der Waals surface area contributed by atoms with Crippen molar-refractivity contribution < 1.29 is 4.79 Å². The van der Waals surface area contributed by atoms with Crippen molar-refractivity contribution in [3.05, 3.63) is 54.1 Å². The van der Waals surface area contributed by atoms with Gasteiger partial charge in [-0.15, -0.1) is 11.3 Å². The van der Waals surface area contributed by atoms with Gasteiger partial charge in [0.2, 0.25) is 0 Å². The second-order valence-electron chi connectivity index (χ2n) is 5.63. The highest BCUT2D eigenvalue weighted by Gasteiger charge is 2.17. The quantitative estimate of drug-likeness (QED) is 0.397. The number of aryl methyl sites for hydroxylation is 2. The number of thiophene rings is 1. The molecule has 126 valence electrons. The number of hydrazone groups is 1. The molecule has 0 saturated heterocycles. The van der Waals surface area contributed by atoms with Crippen LogP contribution in [-0.2, 0) is 12.8 Å². The Morgan fingerprint density at radius 3 is 2.67 bits per heavy atom. The molecule has 3 rings (SSSR count). The Hall–Kier alpha value is -1.07. The van der Waals surface area contributed by atoms with Crippen molar-refractivity contribution in [3.63, 3.8) is 0 Å². The number of nitrogens with zero attached hydrogens (tertiary/aromatic N) is 1. The van der Waals surface area contributed by atoms with E-state index in [0.717, 1.165) is 12.8 Å². The van der Waals surface area contributed by atoms with Gasteiger partial charge in [0, 0.05) is 10.4 Å². The van der Waals surface area contributed by atoms with Gasteiger partial charge in [-0.3, -0.25) is 4.79 Å². The van der Waals surface area contributed by atoms with Crippen molar-refractivity contribution in [1.82, 2.24) is 5.43 Å². The molecule has 1 amide bonds. The van der Waals surface area contributed by atoms with Crippen LogP contribution in [0, 0.1) is 0 Å². The molecule has 1 heterocycles. The van der Waals surface area contributed by atoms with Crippen LogP contribution in [0.15, 0.2) is 23.3 Å². The molecule has 1 aromatic carbocycles. The average Bonchev–Trinajstić information content (AvgIpc) is 3.01. The number of rotatable bonds is 3. The summed E-state index contributed by atoms with van der Waals surface area (Å²) in [4.78, 5) is 14.3. The molecule has 0 fully saturated rings. The summed E-state index contributed by atoms with van der Waals surface area (Å²) < 4.78 is 0. The molecule has 0 aliphatic heterocycles. The third-order valence-corrected chi connectivity index (χ3v) is 6.50. The Labute approximate surface area is 159 Å². The second kappa shape index (κ2) is 7.44. The van der Waals surface area contributed by atoms with Crippen molar-refractivity contribution >= 4 is 57.8 Å². The van der Waals surface area contributed by atoms with E-state index in [9.17, 15) is 4.79 Å². The molecular formula is C17H15Cl3N2OS. The standard InChI is InChI=1S/C17H15Cl3N2OS/c1-9(11-6-7-12(18)16(20)15(11)19)21-22-17(23)14-8-10-4-2-3-5-13(10)24-14/h6-8H,2-5H2,1H3,(H,22,23). The number of carbonyl (C=O) groups excluding carboxylic acids is 1. The van der Waals surface area contributed by atoms with Crippen LogP contribution in [0.3, 0.4) is 0 Å². The first kappa shape index (κ1) is 17.7. The van der Waals surface area contributed by atoms with Gasteiger partial charge in [-0.2, -0.15) is 5.10 Å². The van der Waals surface area contributed by atoms with Gasteiger partial charge in [0.25, 0.3) is 5.91 Å². The number of nitrogens with one attached hydrogen (secondary N) is 1. The lowest BCUT2D eigenvalue weighted by Gasteiger charge is -2.08. The summed E-state index contributed by atoms with van der Waals surface area (Å²) in [7, 11) is 0. The van der Waals surface area contributed by atoms with Crippen LogP contribution in [0.2, 0.25) is 15.1 Å². The Bertz CT molecular complexity index is 806. The molecule has 1 aliphatic carbocycles. The third-order valence-electron chi connectivity index (χ3n) is 3.97. The molecule has 0 bridgehead atoms. The fraction of sp³-hybridized carbons (Fsp3) is 0.294. The van der Waals surface area contributed by atoms with Crippen LogP contribution in [0.25, 0.3) is 0 Å². The van der Waals surface area contributed by atoms with Crippen LogP contribution >= 0.6 is 46.1 Å². The Kier molecular flexibility index (Phi) is 5.50. The summed E-state index contributed by atoms with van der Waals surface area (Å²) in [5.41, 5.74) is 5.09. The van der Waals surface area contributed by atoms with Crippen molar-refractivity contribution in [1.29, 1.82) is 0 Å². The van der Waals surface area contributed by atoms with Crippen molar-refractivity contribution in [3.8, 4) is 0 Å². The van der Waals surface area contributed by atoms with Crippen LogP contribution < -0.4 is 5.43 Å². The van der Waals surface area contributed by atoms with Crippen LogP contribution in [0.4, 0.5) is 0 Å². The van der Waals surface area contributed by atoms with E-state index in [1.54, 1.807) is 30.4 Å². The van der Waals surface area contributed by atoms with Gasteiger partial charge in [0.1, 0.15) is 0 Å². The number of halogens is 3. The number of hydrogen-bond acceptors (Lipinski definition) is 3. The minimum atomic E-state index is -0.204. The summed E-state index contributed by atoms with van der Waals surface area (Å²) in [6.45, 7) is 1.76. The summed E-state index contributed by atoms with van der Waals surface area (Å²) in [6.07, 6.45) is 4.51. The molecule has 0 atom stereocenters. The molecule has 3 nitrogen and oxygen atoms in total. The van der Waals surface area contributed by atoms with Crippen molar-refractivity contribution in [2.24, 2.45) is 5.10 Å². The minimum Gasteiger partial charge on any atom is -0.266 e. The normalized spacial score (nSPS) is 14.4. The Morgan fingerprint density at radius 2 is 1.92 bits per heavy atom. The molecule has 0 radical (unpaired) electrons. The molecule has 1 aromatic heterocycles. The van der Waals surface area contributed by atoms with Crippen molar-refractivity contribution in [2.75, 3.05) is 0 Å². The highest BCUT2D eigenvalue weighted by Crippen LogP contribution is 2.33. The molecule has 0 saturated carbocycles. The SMILES string of the molecule is CC(=NNC(=O)c1cc2c(s1)CCCC2)c1ccc(Cl)c(Cl)c1Cl. The zero-order valence-corrected chi connectivity index (χ0v) is 16.0. The summed E-state index contributed by atoms with van der Waals surface area (Å²) in [6, 6.07) is 5.36. The molecule has 1 N–H and O–H groups in total. The molecular weight excluding hydrogens is 387 g/mol. The highest BCUT2D eigenvalue weighted by molar-refractivity contribution is 7.14. The van der Waals surface area contributed by atoms with E-state index >= 15 is 0 Å². The molecule has 7 heteroatoms. The van der Waals surface area contributed by atoms with Crippen LogP contribution in [-0.4, -0.2) is 11.6 Å². The largest absolute Gasteiger partial charge is 0.281 e. The number of carbonyl (C=O) groups is 1. The molecule has 2 aromatic rings. The lowest BCUT2D eigenvalue weighted by atomic mass is 9.99. The topological polar surface area (TPSA) is 41.5 Å². The monoisotopic (exact) mass is 400 g/mol. The summed E-state index contributed by atoms with van der Waals surface area (Å²) in [5, 5.41) is 5.13. The lowest BCUT2D eigenvalue weighted by Crippen LogP contribution is -2.18. The van der Waals surface area contributed by atoms with E-state index in [1.165, 1.54) is 23.3 Å². The van der Waals surface area contributed by atoms with Crippen molar-refractivity contribution in [2.45, 2.75) is 32.6 Å². The van der Waals surface area contributed by atoms with Gasteiger partial charge in [-0.05, 0) is 50.3 Å². The first-order valence-corrected chi connectivity index (χ1v) is 9.52. The van der Waals surface area contributed by atoms with E-state index in [2.05, 4.69) is 10.5 Å². The number of benzene rings is 1. The number of fused-ring (bicyclic) bond motifs is 1. The van der Waals surface area contributed by atoms with Gasteiger partial charge in [-0.1, -0.05) is 40.9 Å². The zero-order chi connectivity index (χ0) is 17.3. The van der Waals surface area contributed by atoms with Gasteiger partial charge >= 0.3 is 0 Å². The van der Waals surface area contributed by atoms with Crippen LogP contribution in [0.5, 0.6) is 0 Å². The van der Waals surface area contributed by atoms with E-state index in [-0.39, 0.29) is 10.9 Å². The minimum absolute atomic E-state index is 0.204. The van der Waals surface area contributed by atoms with E-state index in [1.807, 2.05) is 6.07 Å².